The summed E-state index contributed by atoms with van der Waals surface area (Å²) < 4.78 is 5.93. The van der Waals surface area contributed by atoms with Crippen LogP contribution in [-0.2, 0) is 6.54 Å². The van der Waals surface area contributed by atoms with E-state index in [1.165, 1.54) is 5.56 Å². The summed E-state index contributed by atoms with van der Waals surface area (Å²) in [5.41, 5.74) is 2.38. The van der Waals surface area contributed by atoms with Crippen molar-refractivity contribution in [1.82, 2.24) is 10.3 Å². The lowest BCUT2D eigenvalue weighted by Crippen LogP contribution is -2.22. The molecule has 0 radical (unpaired) electrons. The van der Waals surface area contributed by atoms with Gasteiger partial charge in [0.05, 0.1) is 0 Å². The standard InChI is InChI=1S/C18H24N2O/c1-13(2)15-7-9-17(10-8-15)21-18-16(6-5-11-19-18)12-20-14(3)4/h5-11,13-14,20H,12H2,1-4H3. The zero-order valence-electron chi connectivity index (χ0n) is 13.3. The Hall–Kier alpha value is -1.87. The van der Waals surface area contributed by atoms with E-state index in [9.17, 15) is 0 Å². The van der Waals surface area contributed by atoms with Gasteiger partial charge in [-0.25, -0.2) is 4.98 Å². The lowest BCUT2D eigenvalue weighted by Gasteiger charge is -2.13. The Labute approximate surface area is 127 Å². The highest BCUT2D eigenvalue weighted by Gasteiger charge is 2.07. The number of benzene rings is 1. The molecule has 0 spiro atoms. The second-order valence-corrected chi connectivity index (χ2v) is 5.83. The van der Waals surface area contributed by atoms with Crippen molar-refractivity contribution in [1.29, 1.82) is 0 Å². The van der Waals surface area contributed by atoms with Crippen molar-refractivity contribution in [3.63, 3.8) is 0 Å². The van der Waals surface area contributed by atoms with E-state index in [1.807, 2.05) is 24.3 Å². The summed E-state index contributed by atoms with van der Waals surface area (Å²) in [7, 11) is 0. The van der Waals surface area contributed by atoms with Crippen molar-refractivity contribution in [2.75, 3.05) is 0 Å². The van der Waals surface area contributed by atoms with Crippen LogP contribution in [0.3, 0.4) is 0 Å². The van der Waals surface area contributed by atoms with Gasteiger partial charge < -0.3 is 10.1 Å². The third-order valence-electron chi connectivity index (χ3n) is 3.31. The molecule has 3 nitrogen and oxygen atoms in total. The van der Waals surface area contributed by atoms with Gasteiger partial charge in [0.15, 0.2) is 0 Å². The van der Waals surface area contributed by atoms with Gasteiger partial charge in [0.1, 0.15) is 5.75 Å². The molecule has 0 aliphatic heterocycles. The van der Waals surface area contributed by atoms with Gasteiger partial charge >= 0.3 is 0 Å². The molecule has 21 heavy (non-hydrogen) atoms. The third-order valence-corrected chi connectivity index (χ3v) is 3.31. The number of nitrogens with one attached hydrogen (secondary N) is 1. The summed E-state index contributed by atoms with van der Waals surface area (Å²) >= 11 is 0. The topological polar surface area (TPSA) is 34.2 Å². The van der Waals surface area contributed by atoms with Crippen molar-refractivity contribution in [3.8, 4) is 11.6 Å². The van der Waals surface area contributed by atoms with E-state index in [2.05, 4.69) is 50.1 Å². The zero-order valence-corrected chi connectivity index (χ0v) is 13.3. The quantitative estimate of drug-likeness (QED) is 0.848. The second-order valence-electron chi connectivity index (χ2n) is 5.83. The molecule has 2 aromatic rings. The van der Waals surface area contributed by atoms with Crippen LogP contribution in [0.25, 0.3) is 0 Å². The van der Waals surface area contributed by atoms with Crippen LogP contribution in [0.4, 0.5) is 0 Å². The molecule has 0 unspecified atom stereocenters. The highest BCUT2D eigenvalue weighted by Crippen LogP contribution is 2.25. The van der Waals surface area contributed by atoms with Gasteiger partial charge in [0.25, 0.3) is 0 Å². The molecule has 1 aromatic carbocycles. The van der Waals surface area contributed by atoms with Crippen molar-refractivity contribution >= 4 is 0 Å². The van der Waals surface area contributed by atoms with Crippen molar-refractivity contribution < 1.29 is 4.74 Å². The van der Waals surface area contributed by atoms with E-state index in [1.54, 1.807) is 6.20 Å². The van der Waals surface area contributed by atoms with E-state index in [4.69, 9.17) is 4.74 Å². The van der Waals surface area contributed by atoms with Crippen LogP contribution in [0.15, 0.2) is 42.6 Å². The van der Waals surface area contributed by atoms with Crippen molar-refractivity contribution in [3.05, 3.63) is 53.7 Å². The summed E-state index contributed by atoms with van der Waals surface area (Å²) in [5, 5.41) is 3.39. The molecule has 0 bridgehead atoms. The second kappa shape index (κ2) is 7.23. The minimum absolute atomic E-state index is 0.434. The third kappa shape index (κ3) is 4.57. The number of pyridine rings is 1. The molecule has 112 valence electrons. The average Bonchev–Trinajstić information content (AvgIpc) is 2.47. The Kier molecular flexibility index (Phi) is 5.34. The first-order chi connectivity index (χ1) is 10.1. The highest BCUT2D eigenvalue weighted by molar-refractivity contribution is 5.34. The summed E-state index contributed by atoms with van der Waals surface area (Å²) in [4.78, 5) is 4.35. The maximum absolute atomic E-state index is 5.93. The van der Waals surface area contributed by atoms with Crippen LogP contribution in [0.5, 0.6) is 11.6 Å². The first-order valence-electron chi connectivity index (χ1n) is 7.51. The largest absolute Gasteiger partial charge is 0.439 e. The van der Waals surface area contributed by atoms with E-state index in [0.717, 1.165) is 17.9 Å². The predicted octanol–water partition coefficient (Wildman–Crippen LogP) is 4.50. The monoisotopic (exact) mass is 284 g/mol. The summed E-state index contributed by atoms with van der Waals surface area (Å²) in [6.45, 7) is 9.38. The molecule has 0 atom stereocenters. The fourth-order valence-electron chi connectivity index (χ4n) is 2.00. The molecule has 0 saturated carbocycles. The number of hydrogen-bond donors (Lipinski definition) is 1. The lowest BCUT2D eigenvalue weighted by molar-refractivity contribution is 0.450. The summed E-state index contributed by atoms with van der Waals surface area (Å²) in [6, 6.07) is 12.6. The van der Waals surface area contributed by atoms with Crippen LogP contribution >= 0.6 is 0 Å². The SMILES string of the molecule is CC(C)NCc1cccnc1Oc1ccc(C(C)C)cc1. The fraction of sp³-hybridized carbons (Fsp3) is 0.389. The van der Waals surface area contributed by atoms with Gasteiger partial charge in [-0.05, 0) is 29.7 Å². The van der Waals surface area contributed by atoms with E-state index in [0.29, 0.717) is 17.8 Å². The normalized spacial score (nSPS) is 11.1. The maximum atomic E-state index is 5.93. The Morgan fingerprint density at radius 1 is 1.05 bits per heavy atom. The number of hydrogen-bond acceptors (Lipinski definition) is 3. The van der Waals surface area contributed by atoms with Crippen LogP contribution < -0.4 is 10.1 Å². The Morgan fingerprint density at radius 2 is 1.76 bits per heavy atom. The van der Waals surface area contributed by atoms with Crippen LogP contribution in [0, 0.1) is 0 Å². The fourth-order valence-corrected chi connectivity index (χ4v) is 2.00. The van der Waals surface area contributed by atoms with Crippen LogP contribution in [0.2, 0.25) is 0 Å². The molecule has 1 aromatic heterocycles. The zero-order chi connectivity index (χ0) is 15.2. The molecule has 0 aliphatic carbocycles. The van der Waals surface area contributed by atoms with Crippen molar-refractivity contribution in [2.24, 2.45) is 0 Å². The Morgan fingerprint density at radius 3 is 2.38 bits per heavy atom. The van der Waals surface area contributed by atoms with E-state index in [-0.39, 0.29) is 0 Å². The minimum atomic E-state index is 0.434. The first-order valence-corrected chi connectivity index (χ1v) is 7.51. The van der Waals surface area contributed by atoms with Crippen LogP contribution in [-0.4, -0.2) is 11.0 Å². The number of ether oxygens (including phenoxy) is 1. The molecular formula is C18H24N2O. The molecule has 1 heterocycles. The minimum Gasteiger partial charge on any atom is -0.439 e. The molecular weight excluding hydrogens is 260 g/mol. The van der Waals surface area contributed by atoms with Gasteiger partial charge in [0, 0.05) is 24.3 Å². The molecule has 1 N–H and O–H groups in total. The van der Waals surface area contributed by atoms with Crippen LogP contribution in [0.1, 0.15) is 44.7 Å². The molecule has 2 rings (SSSR count). The van der Waals surface area contributed by atoms with Gasteiger partial charge in [-0.1, -0.05) is 45.9 Å². The molecule has 0 fully saturated rings. The van der Waals surface area contributed by atoms with Gasteiger partial charge in [0.2, 0.25) is 5.88 Å². The first kappa shape index (κ1) is 15.5. The number of aromatic nitrogens is 1. The summed E-state index contributed by atoms with van der Waals surface area (Å²) in [6.07, 6.45) is 1.76. The van der Waals surface area contributed by atoms with E-state index >= 15 is 0 Å². The predicted molar refractivity (Wildman–Crippen MR) is 86.8 cm³/mol. The lowest BCUT2D eigenvalue weighted by atomic mass is 10.0. The molecule has 3 heteroatoms. The van der Waals surface area contributed by atoms with E-state index < -0.39 is 0 Å². The molecule has 0 amide bonds. The highest BCUT2D eigenvalue weighted by atomic mass is 16.5. The number of nitrogens with zero attached hydrogens (tertiary/aromatic N) is 1. The number of rotatable bonds is 6. The average molecular weight is 284 g/mol. The van der Waals surface area contributed by atoms with Gasteiger partial charge in [-0.2, -0.15) is 0 Å². The van der Waals surface area contributed by atoms with Crippen molar-refractivity contribution in [2.45, 2.75) is 46.2 Å². The smallest absolute Gasteiger partial charge is 0.223 e. The maximum Gasteiger partial charge on any atom is 0.223 e. The summed E-state index contributed by atoms with van der Waals surface area (Å²) in [5.74, 6) is 2.02. The van der Waals surface area contributed by atoms with Gasteiger partial charge in [-0.15, -0.1) is 0 Å². The Bertz CT molecular complexity index is 562. The van der Waals surface area contributed by atoms with Gasteiger partial charge in [-0.3, -0.25) is 0 Å². The Balaban J connectivity index is 2.11. The molecule has 0 aliphatic rings. The molecule has 0 saturated heterocycles.